The van der Waals surface area contributed by atoms with Crippen LogP contribution >= 0.6 is 23.1 Å². The number of nitrogens with zero attached hydrogens (tertiary/aromatic N) is 3. The minimum Gasteiger partial charge on any atom is -0.352 e. The van der Waals surface area contributed by atoms with Crippen molar-refractivity contribution in [2.45, 2.75) is 36.9 Å². The standard InChI is InChI=1S/C15H19N5OS2/c16-20-14(11-2-1-7-22-11)18-19-15(20)23-8-12(21)17-13(9-3-4-9)10-5-6-10/h1-2,7,9-10,13H,3-6,8,16H2,(H,17,21). The number of thioether (sulfide) groups is 1. The summed E-state index contributed by atoms with van der Waals surface area (Å²) in [4.78, 5) is 13.2. The smallest absolute Gasteiger partial charge is 0.230 e. The molecule has 3 N–H and O–H groups in total. The first-order chi connectivity index (χ1) is 11.2. The predicted molar refractivity (Wildman–Crippen MR) is 91.6 cm³/mol. The lowest BCUT2D eigenvalue weighted by Crippen LogP contribution is -2.39. The van der Waals surface area contributed by atoms with Crippen molar-refractivity contribution in [2.75, 3.05) is 11.6 Å². The molecule has 0 unspecified atom stereocenters. The maximum atomic E-state index is 12.2. The molecule has 0 radical (unpaired) electrons. The van der Waals surface area contributed by atoms with E-state index in [1.54, 1.807) is 11.3 Å². The van der Waals surface area contributed by atoms with Crippen LogP contribution in [0.1, 0.15) is 25.7 Å². The van der Waals surface area contributed by atoms with Gasteiger partial charge >= 0.3 is 0 Å². The number of thiophene rings is 1. The average Bonchev–Trinajstić information content (AvgIpc) is 3.46. The molecule has 2 saturated carbocycles. The molecule has 2 fully saturated rings. The molecule has 8 heteroatoms. The van der Waals surface area contributed by atoms with E-state index in [0.29, 0.717) is 34.6 Å². The van der Waals surface area contributed by atoms with Crippen LogP contribution in [-0.2, 0) is 4.79 Å². The van der Waals surface area contributed by atoms with Gasteiger partial charge in [-0.05, 0) is 49.0 Å². The largest absolute Gasteiger partial charge is 0.352 e. The number of nitrogens with one attached hydrogen (secondary N) is 1. The second kappa shape index (κ2) is 6.16. The van der Waals surface area contributed by atoms with E-state index < -0.39 is 0 Å². The van der Waals surface area contributed by atoms with Gasteiger partial charge in [-0.25, -0.2) is 4.68 Å². The highest BCUT2D eigenvalue weighted by Gasteiger charge is 2.42. The van der Waals surface area contributed by atoms with E-state index in [9.17, 15) is 4.79 Å². The van der Waals surface area contributed by atoms with E-state index in [0.717, 1.165) is 4.88 Å². The molecule has 122 valence electrons. The molecule has 6 nitrogen and oxygen atoms in total. The maximum Gasteiger partial charge on any atom is 0.230 e. The van der Waals surface area contributed by atoms with Gasteiger partial charge < -0.3 is 11.2 Å². The SMILES string of the molecule is Nn1c(SCC(=O)NC(C2CC2)C2CC2)nnc1-c1cccs1. The number of carbonyl (C=O) groups is 1. The van der Waals surface area contributed by atoms with Crippen molar-refractivity contribution in [3.8, 4) is 10.7 Å². The molecule has 0 aromatic carbocycles. The Morgan fingerprint density at radius 2 is 2.13 bits per heavy atom. The highest BCUT2D eigenvalue weighted by atomic mass is 32.2. The molecule has 2 aromatic heterocycles. The second-order valence-electron chi connectivity index (χ2n) is 6.21. The van der Waals surface area contributed by atoms with Gasteiger partial charge in [0.05, 0.1) is 10.6 Å². The number of nitrogens with two attached hydrogens (primary N) is 1. The molecular formula is C15H19N5OS2. The molecule has 4 rings (SSSR count). The lowest BCUT2D eigenvalue weighted by molar-refractivity contribution is -0.119. The summed E-state index contributed by atoms with van der Waals surface area (Å²) in [7, 11) is 0. The Kier molecular flexibility index (Phi) is 4.02. The summed E-state index contributed by atoms with van der Waals surface area (Å²) in [6.45, 7) is 0. The van der Waals surface area contributed by atoms with Crippen LogP contribution in [0.2, 0.25) is 0 Å². The Morgan fingerprint density at radius 1 is 1.39 bits per heavy atom. The minimum atomic E-state index is 0.0690. The van der Waals surface area contributed by atoms with E-state index in [1.807, 2.05) is 17.5 Å². The second-order valence-corrected chi connectivity index (χ2v) is 8.10. The van der Waals surface area contributed by atoms with Gasteiger partial charge in [0.2, 0.25) is 11.1 Å². The summed E-state index contributed by atoms with van der Waals surface area (Å²) in [5.74, 6) is 8.49. The van der Waals surface area contributed by atoms with Gasteiger partial charge in [0.1, 0.15) is 0 Å². The summed E-state index contributed by atoms with van der Waals surface area (Å²) in [6.07, 6.45) is 5.04. The third-order valence-electron chi connectivity index (χ3n) is 4.33. The lowest BCUT2D eigenvalue weighted by Gasteiger charge is -2.17. The Bertz CT molecular complexity index is 679. The fraction of sp³-hybridized carbons (Fsp3) is 0.533. The van der Waals surface area contributed by atoms with Gasteiger partial charge in [-0.3, -0.25) is 4.79 Å². The van der Waals surface area contributed by atoms with Crippen LogP contribution < -0.4 is 11.2 Å². The summed E-state index contributed by atoms with van der Waals surface area (Å²) >= 11 is 2.90. The van der Waals surface area contributed by atoms with Crippen LogP contribution in [0.5, 0.6) is 0 Å². The normalized spacial score (nSPS) is 17.6. The molecule has 23 heavy (non-hydrogen) atoms. The average molecular weight is 349 g/mol. The maximum absolute atomic E-state index is 12.2. The number of amides is 1. The molecule has 0 saturated heterocycles. The van der Waals surface area contributed by atoms with Gasteiger partial charge in [-0.2, -0.15) is 0 Å². The van der Waals surface area contributed by atoms with Crippen LogP contribution in [-0.4, -0.2) is 32.6 Å². The van der Waals surface area contributed by atoms with E-state index in [2.05, 4.69) is 15.5 Å². The molecule has 0 aliphatic heterocycles. The van der Waals surface area contributed by atoms with Gasteiger partial charge in [0.15, 0.2) is 5.82 Å². The van der Waals surface area contributed by atoms with Crippen molar-refractivity contribution in [2.24, 2.45) is 11.8 Å². The van der Waals surface area contributed by atoms with Crippen LogP contribution in [0.3, 0.4) is 0 Å². The quantitative estimate of drug-likeness (QED) is 0.591. The zero-order chi connectivity index (χ0) is 15.8. The summed E-state index contributed by atoms with van der Waals surface area (Å²) < 4.78 is 1.46. The molecule has 2 aliphatic rings. The minimum absolute atomic E-state index is 0.0690. The third kappa shape index (κ3) is 3.37. The van der Waals surface area contributed by atoms with E-state index >= 15 is 0 Å². The Balaban J connectivity index is 1.34. The van der Waals surface area contributed by atoms with Gasteiger partial charge in [0.25, 0.3) is 0 Å². The number of nitrogen functional groups attached to an aromatic ring is 1. The molecule has 2 aromatic rings. The highest BCUT2D eigenvalue weighted by molar-refractivity contribution is 7.99. The van der Waals surface area contributed by atoms with Crippen molar-refractivity contribution in [3.05, 3.63) is 17.5 Å². The van der Waals surface area contributed by atoms with Crippen LogP contribution in [0.15, 0.2) is 22.7 Å². The van der Waals surface area contributed by atoms with E-state index in [1.165, 1.54) is 42.1 Å². The molecule has 0 bridgehead atoms. The van der Waals surface area contributed by atoms with Crippen LogP contribution in [0.4, 0.5) is 0 Å². The van der Waals surface area contributed by atoms with E-state index in [4.69, 9.17) is 5.84 Å². The van der Waals surface area contributed by atoms with Crippen LogP contribution in [0, 0.1) is 11.8 Å². The zero-order valence-electron chi connectivity index (χ0n) is 12.6. The zero-order valence-corrected chi connectivity index (χ0v) is 14.3. The highest BCUT2D eigenvalue weighted by Crippen LogP contribution is 2.44. The summed E-state index contributed by atoms with van der Waals surface area (Å²) in [5.41, 5.74) is 0. The lowest BCUT2D eigenvalue weighted by atomic mass is 10.1. The Labute approximate surface area is 142 Å². The first kappa shape index (κ1) is 15.0. The number of hydrogen-bond donors (Lipinski definition) is 2. The third-order valence-corrected chi connectivity index (χ3v) is 6.13. The van der Waals surface area contributed by atoms with Crippen molar-refractivity contribution >= 4 is 29.0 Å². The first-order valence-electron chi connectivity index (χ1n) is 7.89. The number of hydrogen-bond acceptors (Lipinski definition) is 6. The Hall–Kier alpha value is -1.54. The molecule has 0 spiro atoms. The summed E-state index contributed by atoms with van der Waals surface area (Å²) in [5, 5.41) is 14.0. The first-order valence-corrected chi connectivity index (χ1v) is 9.75. The van der Waals surface area contributed by atoms with Crippen molar-refractivity contribution in [3.63, 3.8) is 0 Å². The molecular weight excluding hydrogens is 330 g/mol. The fourth-order valence-electron chi connectivity index (χ4n) is 2.84. The molecule has 0 atom stereocenters. The monoisotopic (exact) mass is 349 g/mol. The molecule has 2 heterocycles. The van der Waals surface area contributed by atoms with Crippen LogP contribution in [0.25, 0.3) is 10.7 Å². The molecule has 1 amide bonds. The van der Waals surface area contributed by atoms with E-state index in [-0.39, 0.29) is 5.91 Å². The summed E-state index contributed by atoms with van der Waals surface area (Å²) in [6, 6.07) is 4.29. The number of aromatic nitrogens is 3. The van der Waals surface area contributed by atoms with Gasteiger partial charge in [-0.1, -0.05) is 17.8 Å². The fourth-order valence-corrected chi connectivity index (χ4v) is 4.21. The predicted octanol–water partition coefficient (Wildman–Crippen LogP) is 2.12. The number of rotatable bonds is 7. The number of carbonyl (C=O) groups excluding carboxylic acids is 1. The Morgan fingerprint density at radius 3 is 2.74 bits per heavy atom. The molecule has 2 aliphatic carbocycles. The van der Waals surface area contributed by atoms with Gasteiger partial charge in [0, 0.05) is 6.04 Å². The van der Waals surface area contributed by atoms with Crippen molar-refractivity contribution in [1.82, 2.24) is 20.2 Å². The van der Waals surface area contributed by atoms with Crippen molar-refractivity contribution < 1.29 is 4.79 Å². The topological polar surface area (TPSA) is 85.8 Å². The van der Waals surface area contributed by atoms with Crippen molar-refractivity contribution in [1.29, 1.82) is 0 Å². The van der Waals surface area contributed by atoms with Gasteiger partial charge in [-0.15, -0.1) is 21.5 Å².